The molecular formula is C79H66N2O3. The lowest BCUT2D eigenvalue weighted by Gasteiger charge is -2.30. The molecule has 0 amide bonds. The number of anilines is 3. The zero-order chi connectivity index (χ0) is 56.3. The van der Waals surface area contributed by atoms with E-state index in [0.29, 0.717) is 19.8 Å². The summed E-state index contributed by atoms with van der Waals surface area (Å²) in [6, 6.07) is 82.8. The minimum absolute atomic E-state index is 0.000894. The predicted molar refractivity (Wildman–Crippen MR) is 344 cm³/mol. The molecule has 0 spiro atoms. The topological polar surface area (TPSA) is 35.9 Å². The molecule has 15 rings (SSSR count). The Hall–Kier alpha value is -9.10. The predicted octanol–water partition coefficient (Wildman–Crippen LogP) is 19.9. The van der Waals surface area contributed by atoms with Gasteiger partial charge in [0, 0.05) is 51.8 Å². The van der Waals surface area contributed by atoms with Crippen molar-refractivity contribution >= 4 is 38.9 Å². The lowest BCUT2D eigenvalue weighted by Crippen LogP contribution is -2.19. The standard InChI is InChI=1S/C79H66N2O3/c1-52-15-7-4-5-10-22-76(52)82-51-55-25-39-68-69-40-38-65(48-73(69)79(2,3)72(68)44-55)80(62-34-27-57(28-35-62)56-16-8-6-9-17-56)63-36-29-58(30-37-63)59-31-42-75-71(45-59)70-43-54(50-84-78-47-61-19-12-14-21-67(61)78)26-41-74(70)81(75)64-32-23-53(24-33-64)49-83-77-46-60-18-11-13-20-66(60)77/h4-9,11-21,23-45,48,76-78H,1,10,22,46-47,49-51H2,2-3H3/b5-4-,15-7-. The van der Waals surface area contributed by atoms with E-state index < -0.39 is 0 Å². The maximum Gasteiger partial charge on any atom is 0.0872 e. The minimum atomic E-state index is -0.235. The molecule has 0 radical (unpaired) electrons. The first-order valence-corrected chi connectivity index (χ1v) is 29.8. The van der Waals surface area contributed by atoms with Crippen LogP contribution in [0.2, 0.25) is 0 Å². The molecule has 3 unspecified atom stereocenters. The number of aromatic nitrogens is 1. The zero-order valence-electron chi connectivity index (χ0n) is 47.7. The molecule has 410 valence electrons. The van der Waals surface area contributed by atoms with Crippen LogP contribution >= 0.6 is 0 Å². The van der Waals surface area contributed by atoms with E-state index in [0.717, 1.165) is 76.2 Å². The number of ether oxygens (including phenoxy) is 3. The summed E-state index contributed by atoms with van der Waals surface area (Å²) in [7, 11) is 0. The third kappa shape index (κ3) is 9.53. The lowest BCUT2D eigenvalue weighted by atomic mass is 9.82. The van der Waals surface area contributed by atoms with Gasteiger partial charge in [0.15, 0.2) is 0 Å². The van der Waals surface area contributed by atoms with Crippen LogP contribution in [-0.2, 0) is 52.3 Å². The van der Waals surface area contributed by atoms with Crippen LogP contribution in [0.1, 0.15) is 89.0 Å². The van der Waals surface area contributed by atoms with Gasteiger partial charge in [0.25, 0.3) is 0 Å². The van der Waals surface area contributed by atoms with Crippen molar-refractivity contribution in [2.24, 2.45) is 0 Å². The molecule has 3 atom stereocenters. The van der Waals surface area contributed by atoms with E-state index in [9.17, 15) is 0 Å². The number of allylic oxidation sites excluding steroid dienone is 3. The van der Waals surface area contributed by atoms with E-state index in [1.54, 1.807) is 0 Å². The third-order valence-corrected chi connectivity index (χ3v) is 18.2. The molecule has 1 aromatic heterocycles. The summed E-state index contributed by atoms with van der Waals surface area (Å²) in [4.78, 5) is 2.41. The maximum atomic E-state index is 6.59. The Morgan fingerprint density at radius 3 is 1.65 bits per heavy atom. The summed E-state index contributed by atoms with van der Waals surface area (Å²) >= 11 is 0. The Balaban J connectivity index is 0.752. The third-order valence-electron chi connectivity index (χ3n) is 18.2. The second-order valence-electron chi connectivity index (χ2n) is 23.8. The van der Waals surface area contributed by atoms with Crippen molar-refractivity contribution in [2.45, 2.75) is 83.1 Å². The Morgan fingerprint density at radius 1 is 0.464 bits per heavy atom. The second kappa shape index (κ2) is 21.6. The van der Waals surface area contributed by atoms with Gasteiger partial charge in [-0.3, -0.25) is 0 Å². The average molecular weight is 1090 g/mol. The molecule has 11 aromatic rings. The fourth-order valence-corrected chi connectivity index (χ4v) is 13.4. The van der Waals surface area contributed by atoms with E-state index in [2.05, 4.69) is 279 Å². The molecule has 10 aromatic carbocycles. The quantitative estimate of drug-likeness (QED) is 0.102. The fraction of sp³-hybridized carbons (Fsp3) is 0.165. The largest absolute Gasteiger partial charge is 0.369 e. The average Bonchev–Trinajstić information content (AvgIpc) is 2.27. The van der Waals surface area contributed by atoms with E-state index in [1.165, 1.54) is 83.1 Å². The van der Waals surface area contributed by atoms with Gasteiger partial charge in [0.2, 0.25) is 0 Å². The van der Waals surface area contributed by atoms with Crippen molar-refractivity contribution in [3.05, 3.63) is 311 Å². The summed E-state index contributed by atoms with van der Waals surface area (Å²) in [5.74, 6) is 0. The molecule has 84 heavy (non-hydrogen) atoms. The fourth-order valence-electron chi connectivity index (χ4n) is 13.4. The van der Waals surface area contributed by atoms with E-state index in [4.69, 9.17) is 14.2 Å². The van der Waals surface area contributed by atoms with Gasteiger partial charge < -0.3 is 23.7 Å². The monoisotopic (exact) mass is 1090 g/mol. The smallest absolute Gasteiger partial charge is 0.0872 e. The molecule has 1 heterocycles. The molecule has 4 aliphatic carbocycles. The zero-order valence-corrected chi connectivity index (χ0v) is 47.7. The van der Waals surface area contributed by atoms with Crippen molar-refractivity contribution < 1.29 is 14.2 Å². The highest BCUT2D eigenvalue weighted by molar-refractivity contribution is 6.10. The van der Waals surface area contributed by atoms with E-state index >= 15 is 0 Å². The number of hydrogen-bond acceptors (Lipinski definition) is 4. The van der Waals surface area contributed by atoms with Gasteiger partial charge >= 0.3 is 0 Å². The van der Waals surface area contributed by atoms with Crippen LogP contribution < -0.4 is 4.90 Å². The number of nitrogens with zero attached hydrogens (tertiary/aromatic N) is 2. The number of rotatable bonds is 15. The first-order chi connectivity index (χ1) is 41.3. The number of benzene rings is 10. The van der Waals surface area contributed by atoms with E-state index in [1.807, 2.05) is 0 Å². The SMILES string of the molecule is C=C1/C=C\C=C/CCC1OCc1ccc2c(c1)C(C)(C)c1cc(N(c3ccc(-c4ccccc4)cc3)c3ccc(-c4ccc5c(c4)c4cc(COC6Cc7ccccc76)ccc4n5-c4ccc(COC5Cc6ccccc65)cc4)cc3)ccc1-2. The Morgan fingerprint density at radius 2 is 0.976 bits per heavy atom. The van der Waals surface area contributed by atoms with Gasteiger partial charge in [-0.05, 0) is 175 Å². The maximum absolute atomic E-state index is 6.59. The van der Waals surface area contributed by atoms with Crippen LogP contribution in [0.4, 0.5) is 17.1 Å². The normalized spacial score (nSPS) is 17.9. The van der Waals surface area contributed by atoms with Gasteiger partial charge in [0.1, 0.15) is 0 Å². The summed E-state index contributed by atoms with van der Waals surface area (Å²) in [5, 5.41) is 2.41. The van der Waals surface area contributed by atoms with E-state index in [-0.39, 0.29) is 23.7 Å². The summed E-state index contributed by atoms with van der Waals surface area (Å²) in [5.41, 5.74) is 26.4. The highest BCUT2D eigenvalue weighted by Crippen LogP contribution is 2.51. The van der Waals surface area contributed by atoms with Crippen LogP contribution in [0.15, 0.2) is 261 Å². The molecule has 0 N–H and O–H groups in total. The van der Waals surface area contributed by atoms with Crippen molar-refractivity contribution in [1.82, 2.24) is 4.57 Å². The van der Waals surface area contributed by atoms with Crippen LogP contribution in [0.5, 0.6) is 0 Å². The first kappa shape index (κ1) is 51.8. The summed E-state index contributed by atoms with van der Waals surface area (Å²) < 4.78 is 22.0. The molecule has 0 fully saturated rings. The van der Waals surface area contributed by atoms with Gasteiger partial charge in [-0.25, -0.2) is 0 Å². The number of fused-ring (bicyclic) bond motifs is 8. The minimum Gasteiger partial charge on any atom is -0.369 e. The summed E-state index contributed by atoms with van der Waals surface area (Å²) in [6.07, 6.45) is 12.6. The van der Waals surface area contributed by atoms with Crippen LogP contribution in [0, 0.1) is 0 Å². The molecule has 4 aliphatic rings. The second-order valence-corrected chi connectivity index (χ2v) is 23.8. The van der Waals surface area contributed by atoms with Crippen molar-refractivity contribution in [2.75, 3.05) is 4.90 Å². The van der Waals surface area contributed by atoms with Gasteiger partial charge in [-0.1, -0.05) is 196 Å². The van der Waals surface area contributed by atoms with Gasteiger partial charge in [0.05, 0.1) is 49.2 Å². The molecule has 5 nitrogen and oxygen atoms in total. The number of hydrogen-bond donors (Lipinski definition) is 0. The molecule has 0 aliphatic heterocycles. The van der Waals surface area contributed by atoms with Crippen molar-refractivity contribution in [3.63, 3.8) is 0 Å². The van der Waals surface area contributed by atoms with Gasteiger partial charge in [-0.15, -0.1) is 0 Å². The molecule has 0 bridgehead atoms. The van der Waals surface area contributed by atoms with Gasteiger partial charge in [-0.2, -0.15) is 0 Å². The van der Waals surface area contributed by atoms with Crippen LogP contribution in [0.25, 0.3) is 60.9 Å². The van der Waals surface area contributed by atoms with Crippen molar-refractivity contribution in [1.29, 1.82) is 0 Å². The molecule has 0 saturated heterocycles. The Bertz CT molecular complexity index is 4370. The van der Waals surface area contributed by atoms with Crippen molar-refractivity contribution in [3.8, 4) is 39.1 Å². The van der Waals surface area contributed by atoms with Crippen LogP contribution in [0.3, 0.4) is 0 Å². The Labute approximate surface area is 493 Å². The molecule has 0 saturated carbocycles. The highest BCUT2D eigenvalue weighted by Gasteiger charge is 2.37. The Kier molecular flexibility index (Phi) is 13.3. The molecule has 5 heteroatoms. The lowest BCUT2D eigenvalue weighted by molar-refractivity contribution is 0.0244. The highest BCUT2D eigenvalue weighted by atomic mass is 16.5. The molecular weight excluding hydrogens is 1020 g/mol. The first-order valence-electron chi connectivity index (χ1n) is 29.8. The van der Waals surface area contributed by atoms with Crippen LogP contribution in [-0.4, -0.2) is 10.7 Å². The summed E-state index contributed by atoms with van der Waals surface area (Å²) in [6.45, 7) is 10.7.